The standard InChI is InChI=1S/C15H26N2O4/c1-3-4-15(5-7-16-8-6-15)14(20)17-10-11(21-2)9-12(17)13(18)19/h11-12,16H,3-10H2,1-2H3,(H,18,19). The summed E-state index contributed by atoms with van der Waals surface area (Å²) in [5.74, 6) is -0.915. The second-order valence-corrected chi connectivity index (χ2v) is 6.19. The smallest absolute Gasteiger partial charge is 0.326 e. The van der Waals surface area contributed by atoms with Crippen molar-refractivity contribution in [2.24, 2.45) is 5.41 Å². The van der Waals surface area contributed by atoms with E-state index >= 15 is 0 Å². The number of carbonyl (C=O) groups is 2. The molecule has 2 atom stereocenters. The van der Waals surface area contributed by atoms with Gasteiger partial charge in [0.05, 0.1) is 11.5 Å². The Morgan fingerprint density at radius 3 is 2.57 bits per heavy atom. The minimum absolute atomic E-state index is 0.0119. The Kier molecular flexibility index (Phi) is 5.22. The molecular weight excluding hydrogens is 272 g/mol. The molecule has 0 spiro atoms. The van der Waals surface area contributed by atoms with E-state index in [2.05, 4.69) is 12.2 Å². The molecule has 2 aliphatic heterocycles. The van der Waals surface area contributed by atoms with Crippen molar-refractivity contribution >= 4 is 11.9 Å². The Balaban J connectivity index is 2.20. The van der Waals surface area contributed by atoms with Crippen LogP contribution in [0.1, 0.15) is 39.0 Å². The zero-order valence-corrected chi connectivity index (χ0v) is 12.9. The van der Waals surface area contributed by atoms with E-state index in [0.717, 1.165) is 38.8 Å². The van der Waals surface area contributed by atoms with Crippen molar-refractivity contribution in [1.82, 2.24) is 10.2 Å². The first-order chi connectivity index (χ1) is 10.0. The zero-order valence-electron chi connectivity index (χ0n) is 12.9. The van der Waals surface area contributed by atoms with E-state index in [1.54, 1.807) is 12.0 Å². The first kappa shape index (κ1) is 16.2. The fourth-order valence-electron chi connectivity index (χ4n) is 3.69. The summed E-state index contributed by atoms with van der Waals surface area (Å²) in [4.78, 5) is 26.1. The third-order valence-electron chi connectivity index (χ3n) is 4.88. The second kappa shape index (κ2) is 6.75. The monoisotopic (exact) mass is 298 g/mol. The third-order valence-corrected chi connectivity index (χ3v) is 4.88. The Hall–Kier alpha value is -1.14. The molecule has 2 rings (SSSR count). The lowest BCUT2D eigenvalue weighted by molar-refractivity contribution is -0.154. The van der Waals surface area contributed by atoms with Gasteiger partial charge >= 0.3 is 5.97 Å². The number of aliphatic carboxylic acids is 1. The number of carboxylic acid groups (broad SMARTS) is 1. The normalized spacial score (nSPS) is 28.6. The van der Waals surface area contributed by atoms with E-state index in [-0.39, 0.29) is 12.0 Å². The lowest BCUT2D eigenvalue weighted by Crippen LogP contribution is -2.52. The highest BCUT2D eigenvalue weighted by atomic mass is 16.5. The molecule has 1 amide bonds. The Bertz CT molecular complexity index is 388. The van der Waals surface area contributed by atoms with Gasteiger partial charge in [0, 0.05) is 20.1 Å². The van der Waals surface area contributed by atoms with Gasteiger partial charge in [-0.1, -0.05) is 13.3 Å². The molecule has 2 aliphatic rings. The summed E-state index contributed by atoms with van der Waals surface area (Å²) in [6.45, 7) is 4.12. The Labute approximate surface area is 125 Å². The summed E-state index contributed by atoms with van der Waals surface area (Å²) < 4.78 is 5.28. The van der Waals surface area contributed by atoms with Crippen LogP contribution in [0.2, 0.25) is 0 Å². The van der Waals surface area contributed by atoms with Crippen LogP contribution < -0.4 is 5.32 Å². The number of methoxy groups -OCH3 is 1. The first-order valence-corrected chi connectivity index (χ1v) is 7.81. The molecular formula is C15H26N2O4. The summed E-state index contributed by atoms with van der Waals surface area (Å²) in [6.07, 6.45) is 3.56. The fourth-order valence-corrected chi connectivity index (χ4v) is 3.69. The molecule has 21 heavy (non-hydrogen) atoms. The number of nitrogens with zero attached hydrogens (tertiary/aromatic N) is 1. The second-order valence-electron chi connectivity index (χ2n) is 6.19. The van der Waals surface area contributed by atoms with Crippen LogP contribution in [0.25, 0.3) is 0 Å². The minimum atomic E-state index is -0.927. The summed E-state index contributed by atoms with van der Waals surface area (Å²) in [5, 5.41) is 12.7. The van der Waals surface area contributed by atoms with Gasteiger partial charge in [-0.15, -0.1) is 0 Å². The lowest BCUT2D eigenvalue weighted by atomic mass is 9.74. The maximum absolute atomic E-state index is 13.1. The van der Waals surface area contributed by atoms with Gasteiger partial charge in [0.2, 0.25) is 5.91 Å². The van der Waals surface area contributed by atoms with Gasteiger partial charge in [-0.05, 0) is 32.4 Å². The van der Waals surface area contributed by atoms with E-state index in [9.17, 15) is 14.7 Å². The van der Waals surface area contributed by atoms with Crippen LogP contribution >= 0.6 is 0 Å². The summed E-state index contributed by atoms with van der Waals surface area (Å²) >= 11 is 0. The number of hydrogen-bond acceptors (Lipinski definition) is 4. The van der Waals surface area contributed by atoms with E-state index in [1.807, 2.05) is 0 Å². The van der Waals surface area contributed by atoms with Crippen molar-refractivity contribution in [1.29, 1.82) is 0 Å². The van der Waals surface area contributed by atoms with Crippen LogP contribution in [-0.4, -0.2) is 60.8 Å². The molecule has 120 valence electrons. The molecule has 6 heteroatoms. The van der Waals surface area contributed by atoms with E-state index in [4.69, 9.17) is 4.74 Å². The highest BCUT2D eigenvalue weighted by molar-refractivity contribution is 5.88. The molecule has 0 aliphatic carbocycles. The highest BCUT2D eigenvalue weighted by Gasteiger charge is 2.48. The maximum Gasteiger partial charge on any atom is 0.326 e. The van der Waals surface area contributed by atoms with E-state index < -0.39 is 17.4 Å². The number of rotatable bonds is 5. The van der Waals surface area contributed by atoms with Gasteiger partial charge in [0.25, 0.3) is 0 Å². The van der Waals surface area contributed by atoms with Gasteiger partial charge in [-0.3, -0.25) is 4.79 Å². The molecule has 2 heterocycles. The van der Waals surface area contributed by atoms with Crippen LogP contribution in [-0.2, 0) is 14.3 Å². The quantitative estimate of drug-likeness (QED) is 0.787. The minimum Gasteiger partial charge on any atom is -0.480 e. The predicted molar refractivity (Wildman–Crippen MR) is 78.0 cm³/mol. The number of likely N-dealkylation sites (tertiary alicyclic amines) is 1. The number of amides is 1. The van der Waals surface area contributed by atoms with Gasteiger partial charge in [0.1, 0.15) is 6.04 Å². The largest absolute Gasteiger partial charge is 0.480 e. The van der Waals surface area contributed by atoms with Crippen molar-refractivity contribution < 1.29 is 19.4 Å². The number of nitrogens with one attached hydrogen (secondary N) is 1. The van der Waals surface area contributed by atoms with Gasteiger partial charge in [0.15, 0.2) is 0 Å². The molecule has 0 radical (unpaired) electrons. The van der Waals surface area contributed by atoms with Crippen LogP contribution in [0, 0.1) is 5.41 Å². The Morgan fingerprint density at radius 1 is 1.38 bits per heavy atom. The molecule has 2 N–H and O–H groups in total. The SMILES string of the molecule is CCCC1(C(=O)N2CC(OC)CC2C(=O)O)CCNCC1. The highest BCUT2D eigenvalue weighted by Crippen LogP contribution is 2.38. The molecule has 0 aromatic rings. The summed E-state index contributed by atoms with van der Waals surface area (Å²) in [5.41, 5.74) is -0.393. The first-order valence-electron chi connectivity index (χ1n) is 7.81. The number of carbonyl (C=O) groups excluding carboxylic acids is 1. The molecule has 2 saturated heterocycles. The number of ether oxygens (including phenoxy) is 1. The van der Waals surface area contributed by atoms with Gasteiger partial charge < -0.3 is 20.1 Å². The molecule has 6 nitrogen and oxygen atoms in total. The molecule has 0 aromatic carbocycles. The van der Waals surface area contributed by atoms with E-state index in [0.29, 0.717) is 13.0 Å². The average Bonchev–Trinajstić information content (AvgIpc) is 2.92. The number of piperidine rings is 1. The van der Waals surface area contributed by atoms with Gasteiger partial charge in [-0.2, -0.15) is 0 Å². The van der Waals surface area contributed by atoms with Crippen molar-refractivity contribution in [2.75, 3.05) is 26.7 Å². The average molecular weight is 298 g/mol. The zero-order chi connectivity index (χ0) is 15.5. The molecule has 0 bridgehead atoms. The maximum atomic E-state index is 13.1. The summed E-state index contributed by atoms with van der Waals surface area (Å²) in [7, 11) is 1.57. The fraction of sp³-hybridized carbons (Fsp3) is 0.867. The van der Waals surface area contributed by atoms with Crippen LogP contribution in [0.3, 0.4) is 0 Å². The Morgan fingerprint density at radius 2 is 2.05 bits per heavy atom. The molecule has 0 saturated carbocycles. The third kappa shape index (κ3) is 3.21. The topological polar surface area (TPSA) is 78.9 Å². The van der Waals surface area contributed by atoms with Crippen molar-refractivity contribution in [3.63, 3.8) is 0 Å². The van der Waals surface area contributed by atoms with Crippen LogP contribution in [0.5, 0.6) is 0 Å². The van der Waals surface area contributed by atoms with Gasteiger partial charge in [-0.25, -0.2) is 4.79 Å². The van der Waals surface area contributed by atoms with Crippen molar-refractivity contribution in [2.45, 2.75) is 51.2 Å². The lowest BCUT2D eigenvalue weighted by Gasteiger charge is -2.40. The van der Waals surface area contributed by atoms with E-state index in [1.165, 1.54) is 0 Å². The molecule has 0 aromatic heterocycles. The summed E-state index contributed by atoms with van der Waals surface area (Å²) in [6, 6.07) is -0.744. The number of hydrogen-bond donors (Lipinski definition) is 2. The molecule has 2 unspecified atom stereocenters. The van der Waals surface area contributed by atoms with Crippen LogP contribution in [0.15, 0.2) is 0 Å². The number of carboxylic acids is 1. The van der Waals surface area contributed by atoms with Crippen LogP contribution in [0.4, 0.5) is 0 Å². The van der Waals surface area contributed by atoms with Crippen molar-refractivity contribution in [3.8, 4) is 0 Å². The molecule has 2 fully saturated rings. The van der Waals surface area contributed by atoms with Crippen molar-refractivity contribution in [3.05, 3.63) is 0 Å². The predicted octanol–water partition coefficient (Wildman–Crippen LogP) is 0.857.